The van der Waals surface area contributed by atoms with E-state index >= 15 is 0 Å². The van der Waals surface area contributed by atoms with E-state index in [4.69, 9.17) is 0 Å². The third-order valence-electron chi connectivity index (χ3n) is 8.68. The number of hydrogen-bond acceptors (Lipinski definition) is 3. The zero-order valence-electron chi connectivity index (χ0n) is 20.4. The molecule has 0 unspecified atom stereocenters. The molecule has 0 saturated carbocycles. The molecule has 0 atom stereocenters. The van der Waals surface area contributed by atoms with Crippen molar-refractivity contribution >= 4 is 11.9 Å². The van der Waals surface area contributed by atoms with Gasteiger partial charge in [-0.05, 0) is 66.7 Å². The van der Waals surface area contributed by atoms with Crippen LogP contribution in [-0.4, -0.2) is 63.9 Å². The van der Waals surface area contributed by atoms with Crippen LogP contribution in [0.1, 0.15) is 48.9 Å². The van der Waals surface area contributed by atoms with Crippen LogP contribution in [0.4, 0.5) is 4.79 Å². The maximum absolute atomic E-state index is 14.1. The zero-order valence-corrected chi connectivity index (χ0v) is 20.4. The molecule has 2 aromatic rings. The molecule has 0 radical (unpaired) electrons. The summed E-state index contributed by atoms with van der Waals surface area (Å²) in [5, 5.41) is 0. The van der Waals surface area contributed by atoms with Gasteiger partial charge >= 0.3 is 6.03 Å². The summed E-state index contributed by atoms with van der Waals surface area (Å²) in [6.07, 6.45) is 5.24. The Kier molecular flexibility index (Phi) is 5.29. The first-order valence-electron chi connectivity index (χ1n) is 13.0. The van der Waals surface area contributed by atoms with Crippen molar-refractivity contribution in [3.63, 3.8) is 0 Å². The van der Waals surface area contributed by atoms with E-state index in [1.54, 1.807) is 4.90 Å². The van der Waals surface area contributed by atoms with Gasteiger partial charge in [0.25, 0.3) is 5.91 Å². The van der Waals surface area contributed by atoms with Crippen LogP contribution in [0.5, 0.6) is 0 Å². The lowest BCUT2D eigenvalue weighted by Crippen LogP contribution is -2.58. The number of benzene rings is 2. The molecular weight excluding hydrogens is 422 g/mol. The topological polar surface area (TPSA) is 43.9 Å². The van der Waals surface area contributed by atoms with Gasteiger partial charge in [-0.15, -0.1) is 0 Å². The summed E-state index contributed by atoms with van der Waals surface area (Å²) in [7, 11) is 0. The first kappa shape index (κ1) is 21.8. The second-order valence-electron chi connectivity index (χ2n) is 11.2. The number of carbonyl (C=O) groups is 2. The number of likely N-dealkylation sites (tertiary alicyclic amines) is 1. The molecule has 178 valence electrons. The Balaban J connectivity index is 1.22. The number of nitrogens with zero attached hydrogens (tertiary/aromatic N) is 3. The largest absolute Gasteiger partial charge is 0.327 e. The molecule has 2 saturated heterocycles. The maximum Gasteiger partial charge on any atom is 0.327 e. The molecule has 6 rings (SSSR count). The number of fused-ring (bicyclic) bond motifs is 2. The van der Waals surface area contributed by atoms with E-state index in [0.717, 1.165) is 51.6 Å². The molecule has 5 heteroatoms. The Morgan fingerprint density at radius 1 is 0.794 bits per heavy atom. The summed E-state index contributed by atoms with van der Waals surface area (Å²) in [5.41, 5.74) is 4.82. The number of piperidine rings is 1. The van der Waals surface area contributed by atoms with Gasteiger partial charge in [0, 0.05) is 31.7 Å². The molecule has 0 aromatic heterocycles. The summed E-state index contributed by atoms with van der Waals surface area (Å²) in [6.45, 7) is 6.69. The fourth-order valence-electron chi connectivity index (χ4n) is 6.93. The van der Waals surface area contributed by atoms with E-state index in [-0.39, 0.29) is 18.0 Å². The summed E-state index contributed by atoms with van der Waals surface area (Å²) in [5.74, 6) is 0.391. The van der Waals surface area contributed by atoms with Crippen LogP contribution in [0.3, 0.4) is 0 Å². The van der Waals surface area contributed by atoms with Gasteiger partial charge in [0.2, 0.25) is 0 Å². The minimum atomic E-state index is -0.669. The highest BCUT2D eigenvalue weighted by atomic mass is 16.2. The van der Waals surface area contributed by atoms with Gasteiger partial charge in [-0.3, -0.25) is 14.6 Å². The Bertz CT molecular complexity index is 1070. The minimum Gasteiger partial charge on any atom is -0.309 e. The predicted octanol–water partition coefficient (Wildman–Crippen LogP) is 4.08. The molecule has 4 aliphatic rings. The molecule has 2 aliphatic carbocycles. The lowest BCUT2D eigenvalue weighted by molar-refractivity contribution is -0.137. The van der Waals surface area contributed by atoms with Crippen molar-refractivity contribution in [2.45, 2.75) is 70.0 Å². The number of hydrogen-bond donors (Lipinski definition) is 0. The molecule has 2 aliphatic heterocycles. The summed E-state index contributed by atoms with van der Waals surface area (Å²) in [6, 6.07) is 17.6. The maximum atomic E-state index is 14.1. The van der Waals surface area contributed by atoms with Gasteiger partial charge < -0.3 is 4.90 Å². The van der Waals surface area contributed by atoms with Crippen molar-refractivity contribution in [3.05, 3.63) is 70.8 Å². The van der Waals surface area contributed by atoms with Crippen molar-refractivity contribution in [2.75, 3.05) is 19.6 Å². The van der Waals surface area contributed by atoms with Gasteiger partial charge in [0.15, 0.2) is 0 Å². The molecular formula is C29H35N3O2. The number of imide groups is 1. The van der Waals surface area contributed by atoms with Crippen LogP contribution < -0.4 is 0 Å². The Hall–Kier alpha value is -2.66. The molecule has 2 fully saturated rings. The Morgan fingerprint density at radius 3 is 1.74 bits per heavy atom. The van der Waals surface area contributed by atoms with Crippen molar-refractivity contribution < 1.29 is 9.59 Å². The van der Waals surface area contributed by atoms with Gasteiger partial charge in [-0.2, -0.15) is 0 Å². The van der Waals surface area contributed by atoms with Gasteiger partial charge in [0.1, 0.15) is 5.54 Å². The molecule has 3 amide bonds. The van der Waals surface area contributed by atoms with Crippen LogP contribution in [0, 0.1) is 5.92 Å². The van der Waals surface area contributed by atoms with Crippen LogP contribution in [0.15, 0.2) is 48.5 Å². The van der Waals surface area contributed by atoms with Crippen LogP contribution in [0.2, 0.25) is 0 Å². The van der Waals surface area contributed by atoms with E-state index in [2.05, 4.69) is 67.3 Å². The van der Waals surface area contributed by atoms with Crippen LogP contribution in [-0.2, 0) is 30.5 Å². The molecule has 2 heterocycles. The second kappa shape index (κ2) is 8.23. The minimum absolute atomic E-state index is 0.0474. The van der Waals surface area contributed by atoms with Gasteiger partial charge in [0.05, 0.1) is 0 Å². The average molecular weight is 458 g/mol. The van der Waals surface area contributed by atoms with E-state index in [9.17, 15) is 9.59 Å². The lowest BCUT2D eigenvalue weighted by atomic mass is 9.84. The van der Waals surface area contributed by atoms with Crippen molar-refractivity contribution in [3.8, 4) is 0 Å². The highest BCUT2D eigenvalue weighted by Crippen LogP contribution is 2.42. The first-order chi connectivity index (χ1) is 16.5. The first-order valence-corrected chi connectivity index (χ1v) is 13.0. The van der Waals surface area contributed by atoms with Crippen molar-refractivity contribution in [2.24, 2.45) is 5.92 Å². The van der Waals surface area contributed by atoms with Gasteiger partial charge in [-0.1, -0.05) is 62.4 Å². The third kappa shape index (κ3) is 3.39. The molecule has 2 aromatic carbocycles. The summed E-state index contributed by atoms with van der Waals surface area (Å²) < 4.78 is 0. The zero-order chi connectivity index (χ0) is 23.4. The average Bonchev–Trinajstić information content (AvgIpc) is 3.50. The molecule has 0 bridgehead atoms. The number of amides is 3. The molecule has 5 nitrogen and oxygen atoms in total. The fourth-order valence-corrected chi connectivity index (χ4v) is 6.93. The van der Waals surface area contributed by atoms with E-state index in [1.807, 2.05) is 4.90 Å². The number of rotatable bonds is 4. The van der Waals surface area contributed by atoms with E-state index in [1.165, 1.54) is 22.3 Å². The molecule has 34 heavy (non-hydrogen) atoms. The van der Waals surface area contributed by atoms with Gasteiger partial charge in [-0.25, -0.2) is 4.79 Å². The highest BCUT2D eigenvalue weighted by Gasteiger charge is 2.60. The number of urea groups is 1. The Morgan fingerprint density at radius 2 is 1.26 bits per heavy atom. The fraction of sp³-hybridized carbons (Fsp3) is 0.517. The summed E-state index contributed by atoms with van der Waals surface area (Å²) in [4.78, 5) is 34.0. The predicted molar refractivity (Wildman–Crippen MR) is 133 cm³/mol. The lowest BCUT2D eigenvalue weighted by Gasteiger charge is -2.44. The monoisotopic (exact) mass is 457 g/mol. The molecule has 0 N–H and O–H groups in total. The number of carbonyl (C=O) groups excluding carboxylic acids is 2. The van der Waals surface area contributed by atoms with E-state index in [0.29, 0.717) is 18.5 Å². The molecule has 1 spiro atoms. The van der Waals surface area contributed by atoms with Crippen molar-refractivity contribution in [1.82, 2.24) is 14.7 Å². The SMILES string of the molecule is CC(C)CN1C(=O)N(C2Cc3ccccc3C2)C(=O)C12CCN(C1Cc3ccccc3C1)CC2. The van der Waals surface area contributed by atoms with Crippen molar-refractivity contribution in [1.29, 1.82) is 0 Å². The standard InChI is InChI=1S/C29H35N3O2/c1-20(2)19-31-28(34)32(26-17-23-9-5-6-10-24(23)18-26)27(33)29(31)11-13-30(14-12-29)25-15-21-7-3-4-8-22(21)16-25/h3-10,20,25-26H,11-19H2,1-2H3. The normalized spacial score (nSPS) is 22.9. The quantitative estimate of drug-likeness (QED) is 0.650. The third-order valence-corrected chi connectivity index (χ3v) is 8.68. The van der Waals surface area contributed by atoms with Crippen LogP contribution >= 0.6 is 0 Å². The smallest absolute Gasteiger partial charge is 0.309 e. The highest BCUT2D eigenvalue weighted by molar-refractivity contribution is 6.07. The summed E-state index contributed by atoms with van der Waals surface area (Å²) >= 11 is 0. The Labute approximate surface area is 202 Å². The second-order valence-corrected chi connectivity index (χ2v) is 11.2. The van der Waals surface area contributed by atoms with Crippen LogP contribution in [0.25, 0.3) is 0 Å². The van der Waals surface area contributed by atoms with E-state index < -0.39 is 5.54 Å².